The number of carbonyl (C=O) groups is 2. The molecular weight excluding hydrogens is 380 g/mol. The van der Waals surface area contributed by atoms with Gasteiger partial charge in [-0.2, -0.15) is 0 Å². The highest BCUT2D eigenvalue weighted by Crippen LogP contribution is 2.49. The van der Waals surface area contributed by atoms with Crippen LogP contribution in [0.15, 0.2) is 54.6 Å². The summed E-state index contributed by atoms with van der Waals surface area (Å²) in [5.74, 6) is -0.164. The van der Waals surface area contributed by atoms with Gasteiger partial charge in [-0.1, -0.05) is 48.5 Å². The van der Waals surface area contributed by atoms with E-state index in [1.165, 1.54) is 7.11 Å². The third-order valence-corrected chi connectivity index (χ3v) is 5.60. The van der Waals surface area contributed by atoms with Crippen molar-refractivity contribution in [2.75, 3.05) is 19.5 Å². The Bertz CT molecular complexity index is 1080. The number of aromatic nitrogens is 1. The van der Waals surface area contributed by atoms with E-state index >= 15 is 0 Å². The van der Waals surface area contributed by atoms with E-state index < -0.39 is 11.4 Å². The SMILES string of the molecule is CCOC(=O)C1(c2ccc(-c3ccc(-c4[nH]c(N)cc4C(=O)OC)cc3)cc2)CC1. The van der Waals surface area contributed by atoms with E-state index in [-0.39, 0.29) is 5.97 Å². The molecule has 6 nitrogen and oxygen atoms in total. The van der Waals surface area contributed by atoms with Crippen molar-refractivity contribution in [3.05, 3.63) is 65.7 Å². The molecule has 1 heterocycles. The highest BCUT2D eigenvalue weighted by molar-refractivity contribution is 5.97. The second kappa shape index (κ2) is 7.71. The van der Waals surface area contributed by atoms with Crippen molar-refractivity contribution in [3.63, 3.8) is 0 Å². The van der Waals surface area contributed by atoms with Crippen LogP contribution < -0.4 is 5.73 Å². The number of methoxy groups -OCH3 is 1. The average Bonchev–Trinajstić information content (AvgIpc) is 3.50. The maximum atomic E-state index is 12.3. The third-order valence-electron chi connectivity index (χ3n) is 5.60. The molecule has 154 valence electrons. The molecule has 0 atom stereocenters. The molecule has 0 amide bonds. The first-order valence-corrected chi connectivity index (χ1v) is 9.94. The lowest BCUT2D eigenvalue weighted by atomic mass is 9.93. The fourth-order valence-corrected chi connectivity index (χ4v) is 3.79. The average molecular weight is 404 g/mol. The molecule has 30 heavy (non-hydrogen) atoms. The Hall–Kier alpha value is -3.54. The zero-order valence-corrected chi connectivity index (χ0v) is 17.0. The van der Waals surface area contributed by atoms with Crippen LogP contribution in [-0.2, 0) is 19.7 Å². The molecule has 1 aliphatic carbocycles. The van der Waals surface area contributed by atoms with Crippen molar-refractivity contribution in [1.82, 2.24) is 4.98 Å². The normalized spacial score (nSPS) is 14.2. The van der Waals surface area contributed by atoms with Gasteiger partial charge in [0.2, 0.25) is 0 Å². The zero-order chi connectivity index (χ0) is 21.3. The van der Waals surface area contributed by atoms with E-state index in [9.17, 15) is 9.59 Å². The van der Waals surface area contributed by atoms with Crippen LogP contribution in [0.1, 0.15) is 35.7 Å². The molecule has 0 unspecified atom stereocenters. The van der Waals surface area contributed by atoms with E-state index in [1.807, 2.05) is 55.5 Å². The van der Waals surface area contributed by atoms with E-state index in [0.717, 1.165) is 35.1 Å². The Morgan fingerprint density at radius 3 is 2.10 bits per heavy atom. The standard InChI is InChI=1S/C24H24N2O4/c1-3-30-23(28)24(12-13-24)18-10-8-16(9-11-18)15-4-6-17(7-5-15)21-19(22(27)29-2)14-20(25)26-21/h4-11,14,26H,3,12-13,25H2,1-2H3. The van der Waals surface area contributed by atoms with E-state index in [0.29, 0.717) is 23.7 Å². The first kappa shape index (κ1) is 19.8. The summed E-state index contributed by atoms with van der Waals surface area (Å²) in [4.78, 5) is 27.3. The Morgan fingerprint density at radius 1 is 1.00 bits per heavy atom. The maximum Gasteiger partial charge on any atom is 0.340 e. The number of anilines is 1. The minimum absolute atomic E-state index is 0.131. The molecule has 4 rings (SSSR count). The zero-order valence-electron chi connectivity index (χ0n) is 17.0. The number of nitrogen functional groups attached to an aromatic ring is 1. The Kier molecular flexibility index (Phi) is 5.08. The molecule has 0 saturated heterocycles. The Morgan fingerprint density at radius 2 is 1.57 bits per heavy atom. The Balaban J connectivity index is 1.57. The second-order valence-corrected chi connectivity index (χ2v) is 7.46. The molecule has 1 saturated carbocycles. The monoisotopic (exact) mass is 404 g/mol. The number of hydrogen-bond acceptors (Lipinski definition) is 5. The van der Waals surface area contributed by atoms with Gasteiger partial charge in [-0.05, 0) is 48.1 Å². The molecule has 3 aromatic rings. The van der Waals surface area contributed by atoms with Crippen LogP contribution in [0.5, 0.6) is 0 Å². The topological polar surface area (TPSA) is 94.4 Å². The quantitative estimate of drug-likeness (QED) is 0.597. The summed E-state index contributed by atoms with van der Waals surface area (Å²) in [6, 6.07) is 17.5. The summed E-state index contributed by atoms with van der Waals surface area (Å²) in [5, 5.41) is 0. The number of benzene rings is 2. The molecule has 1 fully saturated rings. The highest BCUT2D eigenvalue weighted by atomic mass is 16.5. The van der Waals surface area contributed by atoms with E-state index in [4.69, 9.17) is 15.2 Å². The third kappa shape index (κ3) is 3.45. The van der Waals surface area contributed by atoms with Crippen LogP contribution in [0.2, 0.25) is 0 Å². The molecular formula is C24H24N2O4. The van der Waals surface area contributed by atoms with Gasteiger partial charge in [0.15, 0.2) is 0 Å². The van der Waals surface area contributed by atoms with Gasteiger partial charge in [0.1, 0.15) is 5.82 Å². The Labute approximate surface area is 175 Å². The fourth-order valence-electron chi connectivity index (χ4n) is 3.79. The van der Waals surface area contributed by atoms with Gasteiger partial charge < -0.3 is 20.2 Å². The van der Waals surface area contributed by atoms with Gasteiger partial charge in [-0.25, -0.2) is 4.79 Å². The molecule has 1 aliphatic rings. The van der Waals surface area contributed by atoms with Gasteiger partial charge in [-0.15, -0.1) is 0 Å². The van der Waals surface area contributed by atoms with Crippen molar-refractivity contribution in [2.24, 2.45) is 0 Å². The number of nitrogens with one attached hydrogen (secondary N) is 1. The number of carbonyl (C=O) groups excluding carboxylic acids is 2. The number of aromatic amines is 1. The van der Waals surface area contributed by atoms with Crippen LogP contribution in [0, 0.1) is 0 Å². The molecule has 1 aromatic heterocycles. The summed E-state index contributed by atoms with van der Waals surface area (Å²) in [7, 11) is 1.34. The maximum absolute atomic E-state index is 12.3. The van der Waals surface area contributed by atoms with Crippen LogP contribution in [-0.4, -0.2) is 30.6 Å². The van der Waals surface area contributed by atoms with Crippen molar-refractivity contribution in [2.45, 2.75) is 25.2 Å². The summed E-state index contributed by atoms with van der Waals surface area (Å²) in [6.45, 7) is 2.23. The first-order valence-electron chi connectivity index (χ1n) is 9.94. The molecule has 3 N–H and O–H groups in total. The number of esters is 2. The lowest BCUT2D eigenvalue weighted by Gasteiger charge is -2.14. The van der Waals surface area contributed by atoms with Crippen molar-refractivity contribution in [3.8, 4) is 22.4 Å². The van der Waals surface area contributed by atoms with Gasteiger partial charge in [0.25, 0.3) is 0 Å². The summed E-state index contributed by atoms with van der Waals surface area (Å²) in [5.41, 5.74) is 10.3. The minimum atomic E-state index is -0.462. The molecule has 2 aromatic carbocycles. The first-order chi connectivity index (χ1) is 14.5. The van der Waals surface area contributed by atoms with E-state index in [2.05, 4.69) is 4.98 Å². The number of hydrogen-bond donors (Lipinski definition) is 2. The van der Waals surface area contributed by atoms with Crippen molar-refractivity contribution < 1.29 is 19.1 Å². The summed E-state index contributed by atoms with van der Waals surface area (Å²) in [6.07, 6.45) is 1.67. The van der Waals surface area contributed by atoms with Gasteiger partial charge in [0, 0.05) is 0 Å². The molecule has 0 aliphatic heterocycles. The predicted octanol–water partition coefficient (Wildman–Crippen LogP) is 4.31. The number of H-pyrrole nitrogens is 1. The van der Waals surface area contributed by atoms with Crippen molar-refractivity contribution in [1.29, 1.82) is 0 Å². The summed E-state index contributed by atoms with van der Waals surface area (Å²) < 4.78 is 10.1. The largest absolute Gasteiger partial charge is 0.465 e. The number of rotatable bonds is 6. The minimum Gasteiger partial charge on any atom is -0.465 e. The second-order valence-electron chi connectivity index (χ2n) is 7.46. The number of ether oxygens (including phenoxy) is 2. The van der Waals surface area contributed by atoms with Crippen LogP contribution in [0.3, 0.4) is 0 Å². The van der Waals surface area contributed by atoms with Crippen molar-refractivity contribution >= 4 is 17.8 Å². The lowest BCUT2D eigenvalue weighted by molar-refractivity contribution is -0.146. The highest BCUT2D eigenvalue weighted by Gasteiger charge is 2.52. The molecule has 0 bridgehead atoms. The molecule has 6 heteroatoms. The smallest absolute Gasteiger partial charge is 0.340 e. The fraction of sp³-hybridized carbons (Fsp3) is 0.250. The predicted molar refractivity (Wildman–Crippen MR) is 115 cm³/mol. The van der Waals surface area contributed by atoms with Gasteiger partial charge >= 0.3 is 11.9 Å². The summed E-state index contributed by atoms with van der Waals surface area (Å²) >= 11 is 0. The lowest BCUT2D eigenvalue weighted by Crippen LogP contribution is -2.23. The molecule has 0 spiro atoms. The number of nitrogens with two attached hydrogens (primary N) is 1. The van der Waals surface area contributed by atoms with E-state index in [1.54, 1.807) is 6.07 Å². The van der Waals surface area contributed by atoms with Crippen LogP contribution in [0.25, 0.3) is 22.4 Å². The van der Waals surface area contributed by atoms with Gasteiger partial charge in [0.05, 0.1) is 30.4 Å². The van der Waals surface area contributed by atoms with Crippen LogP contribution in [0.4, 0.5) is 5.82 Å². The van der Waals surface area contributed by atoms with Gasteiger partial charge in [-0.3, -0.25) is 4.79 Å². The molecule has 0 radical (unpaired) electrons. The van der Waals surface area contributed by atoms with Crippen LogP contribution >= 0.6 is 0 Å².